The number of rotatable bonds is 1. The fourth-order valence-electron chi connectivity index (χ4n) is 1.45. The largest absolute Gasteiger partial charge is 0.379 e. The minimum absolute atomic E-state index is 0.0486. The van der Waals surface area contributed by atoms with Gasteiger partial charge < -0.3 is 14.2 Å². The number of methoxy groups -OCH3 is 1. The van der Waals surface area contributed by atoms with Crippen molar-refractivity contribution in [2.24, 2.45) is 0 Å². The van der Waals surface area contributed by atoms with E-state index in [9.17, 15) is 0 Å². The van der Waals surface area contributed by atoms with Gasteiger partial charge in [-0.1, -0.05) is 0 Å². The van der Waals surface area contributed by atoms with E-state index in [1.807, 2.05) is 0 Å². The first kappa shape index (κ1) is 6.58. The third kappa shape index (κ3) is 0.856. The number of hydrogen-bond acceptors (Lipinski definition) is 3. The van der Waals surface area contributed by atoms with E-state index in [4.69, 9.17) is 14.2 Å². The smallest absolute Gasteiger partial charge is 0.122 e. The van der Waals surface area contributed by atoms with Gasteiger partial charge in [0.1, 0.15) is 11.7 Å². The molecule has 1 spiro atoms. The second kappa shape index (κ2) is 2.19. The highest BCUT2D eigenvalue weighted by molar-refractivity contribution is 5.01. The van der Waals surface area contributed by atoms with Crippen LogP contribution in [0.2, 0.25) is 0 Å². The first-order valence-corrected chi connectivity index (χ1v) is 3.62. The SMILES string of the molecule is COC1COCCC12CO2. The summed E-state index contributed by atoms with van der Waals surface area (Å²) in [4.78, 5) is 0. The predicted octanol–water partition coefficient (Wildman–Crippen LogP) is 0.191. The van der Waals surface area contributed by atoms with Crippen LogP contribution in [0.15, 0.2) is 0 Å². The molecule has 0 aromatic rings. The second-order valence-electron chi connectivity index (χ2n) is 2.90. The fraction of sp³-hybridized carbons (Fsp3) is 1.00. The van der Waals surface area contributed by atoms with Crippen LogP contribution in [-0.4, -0.2) is 38.6 Å². The monoisotopic (exact) mass is 144 g/mol. The summed E-state index contributed by atoms with van der Waals surface area (Å²) in [6, 6.07) is 0. The van der Waals surface area contributed by atoms with Crippen LogP contribution in [0, 0.1) is 0 Å². The maximum Gasteiger partial charge on any atom is 0.122 e. The van der Waals surface area contributed by atoms with Crippen LogP contribution in [0.1, 0.15) is 6.42 Å². The molecule has 0 N–H and O–H groups in total. The Labute approximate surface area is 60.3 Å². The molecule has 58 valence electrons. The van der Waals surface area contributed by atoms with Crippen LogP contribution in [0.3, 0.4) is 0 Å². The molecule has 2 heterocycles. The molecule has 0 bridgehead atoms. The average molecular weight is 144 g/mol. The molecule has 2 fully saturated rings. The summed E-state index contributed by atoms with van der Waals surface area (Å²) in [6.07, 6.45) is 1.16. The molecular weight excluding hydrogens is 132 g/mol. The van der Waals surface area contributed by atoms with Crippen molar-refractivity contribution in [2.45, 2.75) is 18.1 Å². The van der Waals surface area contributed by atoms with Crippen molar-refractivity contribution in [1.29, 1.82) is 0 Å². The normalized spacial score (nSPS) is 45.9. The highest BCUT2D eigenvalue weighted by Crippen LogP contribution is 2.38. The van der Waals surface area contributed by atoms with E-state index < -0.39 is 0 Å². The molecule has 2 atom stereocenters. The molecule has 2 saturated heterocycles. The van der Waals surface area contributed by atoms with Gasteiger partial charge in [-0.2, -0.15) is 0 Å². The minimum Gasteiger partial charge on any atom is -0.379 e. The summed E-state index contributed by atoms with van der Waals surface area (Å²) < 4.78 is 15.8. The summed E-state index contributed by atoms with van der Waals surface area (Å²) in [7, 11) is 1.71. The average Bonchev–Trinajstić information content (AvgIpc) is 2.71. The lowest BCUT2D eigenvalue weighted by molar-refractivity contribution is -0.0771. The summed E-state index contributed by atoms with van der Waals surface area (Å²) in [5.74, 6) is 0. The van der Waals surface area contributed by atoms with Gasteiger partial charge in [0, 0.05) is 20.1 Å². The van der Waals surface area contributed by atoms with Gasteiger partial charge in [-0.15, -0.1) is 0 Å². The molecule has 3 heteroatoms. The molecule has 0 saturated carbocycles. The Kier molecular flexibility index (Phi) is 1.44. The summed E-state index contributed by atoms with van der Waals surface area (Å²) in [5.41, 5.74) is 0.0486. The van der Waals surface area contributed by atoms with Crippen LogP contribution in [0.4, 0.5) is 0 Å². The van der Waals surface area contributed by atoms with Gasteiger partial charge in [0.2, 0.25) is 0 Å². The van der Waals surface area contributed by atoms with Crippen LogP contribution in [0.25, 0.3) is 0 Å². The molecule has 10 heavy (non-hydrogen) atoms. The van der Waals surface area contributed by atoms with Crippen molar-refractivity contribution >= 4 is 0 Å². The van der Waals surface area contributed by atoms with Gasteiger partial charge in [0.25, 0.3) is 0 Å². The molecular formula is C7H12O3. The van der Waals surface area contributed by atoms with Crippen molar-refractivity contribution in [3.63, 3.8) is 0 Å². The minimum atomic E-state index is 0.0486. The number of hydrogen-bond donors (Lipinski definition) is 0. The van der Waals surface area contributed by atoms with E-state index in [-0.39, 0.29) is 11.7 Å². The van der Waals surface area contributed by atoms with Gasteiger partial charge in [-0.05, 0) is 0 Å². The van der Waals surface area contributed by atoms with Gasteiger partial charge in [0.05, 0.1) is 13.2 Å². The lowest BCUT2D eigenvalue weighted by Gasteiger charge is -2.27. The fourth-order valence-corrected chi connectivity index (χ4v) is 1.45. The van der Waals surface area contributed by atoms with E-state index in [0.717, 1.165) is 19.6 Å². The zero-order valence-corrected chi connectivity index (χ0v) is 6.13. The maximum absolute atomic E-state index is 5.34. The molecule has 0 amide bonds. The summed E-state index contributed by atoms with van der Waals surface area (Å²) in [5, 5.41) is 0. The Bertz CT molecular complexity index is 131. The highest BCUT2D eigenvalue weighted by Gasteiger charge is 2.53. The highest BCUT2D eigenvalue weighted by atomic mass is 16.6. The Morgan fingerprint density at radius 3 is 2.90 bits per heavy atom. The molecule has 3 nitrogen and oxygen atoms in total. The van der Waals surface area contributed by atoms with E-state index >= 15 is 0 Å². The predicted molar refractivity (Wildman–Crippen MR) is 34.9 cm³/mol. The van der Waals surface area contributed by atoms with Crippen LogP contribution < -0.4 is 0 Å². The second-order valence-corrected chi connectivity index (χ2v) is 2.90. The lowest BCUT2D eigenvalue weighted by atomic mass is 9.98. The zero-order chi connectivity index (χ0) is 7.03. The van der Waals surface area contributed by atoms with Gasteiger partial charge in [-0.25, -0.2) is 0 Å². The van der Waals surface area contributed by atoms with E-state index in [1.54, 1.807) is 7.11 Å². The standard InChI is InChI=1S/C7H12O3/c1-8-6-4-9-3-2-7(6)5-10-7/h6H,2-5H2,1H3. The van der Waals surface area contributed by atoms with Gasteiger partial charge >= 0.3 is 0 Å². The Morgan fingerprint density at radius 1 is 1.60 bits per heavy atom. The molecule has 0 aromatic carbocycles. The number of ether oxygens (including phenoxy) is 3. The summed E-state index contributed by atoms with van der Waals surface area (Å²) >= 11 is 0. The number of epoxide rings is 1. The molecule has 0 aliphatic carbocycles. The molecule has 2 aliphatic heterocycles. The third-order valence-electron chi connectivity index (χ3n) is 2.33. The van der Waals surface area contributed by atoms with Crippen molar-refractivity contribution in [3.05, 3.63) is 0 Å². The van der Waals surface area contributed by atoms with Crippen molar-refractivity contribution in [2.75, 3.05) is 26.9 Å². The Hall–Kier alpha value is -0.120. The van der Waals surface area contributed by atoms with Gasteiger partial charge in [0.15, 0.2) is 0 Å². The maximum atomic E-state index is 5.34. The summed E-state index contributed by atoms with van der Waals surface area (Å²) in [6.45, 7) is 2.37. The Morgan fingerprint density at radius 2 is 2.40 bits per heavy atom. The van der Waals surface area contributed by atoms with Crippen molar-refractivity contribution in [3.8, 4) is 0 Å². The topological polar surface area (TPSA) is 31.0 Å². The Balaban J connectivity index is 2.01. The van der Waals surface area contributed by atoms with E-state index in [1.165, 1.54) is 0 Å². The van der Waals surface area contributed by atoms with Crippen LogP contribution >= 0.6 is 0 Å². The lowest BCUT2D eigenvalue weighted by Crippen LogP contribution is -2.41. The van der Waals surface area contributed by atoms with E-state index in [0.29, 0.717) is 6.61 Å². The molecule has 2 aliphatic rings. The van der Waals surface area contributed by atoms with Crippen molar-refractivity contribution < 1.29 is 14.2 Å². The molecule has 0 aromatic heterocycles. The third-order valence-corrected chi connectivity index (χ3v) is 2.33. The van der Waals surface area contributed by atoms with E-state index in [2.05, 4.69) is 0 Å². The van der Waals surface area contributed by atoms with Crippen molar-refractivity contribution in [1.82, 2.24) is 0 Å². The van der Waals surface area contributed by atoms with Gasteiger partial charge in [-0.3, -0.25) is 0 Å². The molecule has 2 unspecified atom stereocenters. The molecule has 2 rings (SSSR count). The van der Waals surface area contributed by atoms with Crippen LogP contribution in [-0.2, 0) is 14.2 Å². The van der Waals surface area contributed by atoms with Crippen LogP contribution in [0.5, 0.6) is 0 Å². The first-order chi connectivity index (χ1) is 4.87. The first-order valence-electron chi connectivity index (χ1n) is 3.62. The molecule has 0 radical (unpaired) electrons. The zero-order valence-electron chi connectivity index (χ0n) is 6.13. The quantitative estimate of drug-likeness (QED) is 0.492.